The van der Waals surface area contributed by atoms with E-state index in [-0.39, 0.29) is 12.2 Å². The Balaban J connectivity index is 3.40. The normalized spacial score (nSPS) is 9.50. The van der Waals surface area contributed by atoms with E-state index in [0.29, 0.717) is 6.42 Å². The molecule has 69 valence electrons. The Morgan fingerprint density at radius 3 is 2.50 bits per heavy atom. The zero-order valence-corrected chi connectivity index (χ0v) is 7.63. The highest BCUT2D eigenvalue weighted by atomic mass is 16.5. The van der Waals surface area contributed by atoms with Gasteiger partial charge in [0.15, 0.2) is 0 Å². The summed E-state index contributed by atoms with van der Waals surface area (Å²) in [7, 11) is 0. The highest BCUT2D eigenvalue weighted by Crippen LogP contribution is 1.98. The van der Waals surface area contributed by atoms with Crippen LogP contribution in [0, 0.1) is 6.61 Å². The Hall–Kier alpha value is -0.860. The van der Waals surface area contributed by atoms with Crippen LogP contribution < -0.4 is 0 Å². The lowest BCUT2D eigenvalue weighted by Crippen LogP contribution is -2.08. The molecule has 0 rings (SSSR count). The zero-order chi connectivity index (χ0) is 9.40. The molecular formula is C9H15O3. The number of hydrogen-bond acceptors (Lipinski definition) is 3. The average Bonchev–Trinajstić information content (AvgIpc) is 2.05. The molecule has 0 heterocycles. The minimum absolute atomic E-state index is 0.0788. The highest BCUT2D eigenvalue weighted by molar-refractivity contribution is 5.95. The summed E-state index contributed by atoms with van der Waals surface area (Å²) >= 11 is 0. The van der Waals surface area contributed by atoms with E-state index >= 15 is 0 Å². The van der Waals surface area contributed by atoms with Crippen molar-refractivity contribution in [2.45, 2.75) is 39.5 Å². The number of esters is 1. The Morgan fingerprint density at radius 2 is 2.00 bits per heavy atom. The molecule has 0 aromatic carbocycles. The Bertz CT molecular complexity index is 152. The minimum Gasteiger partial charge on any atom is -0.458 e. The summed E-state index contributed by atoms with van der Waals surface area (Å²) in [6.45, 7) is 5.16. The summed E-state index contributed by atoms with van der Waals surface area (Å²) in [5.74, 6) is -0.528. The number of unbranched alkanes of at least 4 members (excludes halogenated alkanes) is 1. The van der Waals surface area contributed by atoms with Crippen molar-refractivity contribution in [1.82, 2.24) is 0 Å². The highest BCUT2D eigenvalue weighted by Gasteiger charge is 2.07. The predicted octanol–water partition coefficient (Wildman–Crippen LogP) is 1.86. The fourth-order valence-corrected chi connectivity index (χ4v) is 0.597. The van der Waals surface area contributed by atoms with Gasteiger partial charge in [0.1, 0.15) is 18.8 Å². The fourth-order valence-electron chi connectivity index (χ4n) is 0.597. The first-order chi connectivity index (χ1) is 5.70. The smallest absolute Gasteiger partial charge is 0.313 e. The van der Waals surface area contributed by atoms with E-state index in [1.807, 2.05) is 6.92 Å². The lowest BCUT2D eigenvalue weighted by molar-refractivity contribution is -0.143. The SMILES string of the molecule is CCC[CH]OC(=O)CC(=O)CC. The third kappa shape index (κ3) is 5.89. The molecule has 3 heteroatoms. The van der Waals surface area contributed by atoms with Gasteiger partial charge >= 0.3 is 5.97 Å². The first-order valence-electron chi connectivity index (χ1n) is 4.23. The third-order valence-electron chi connectivity index (χ3n) is 1.36. The molecule has 0 N–H and O–H groups in total. The van der Waals surface area contributed by atoms with Crippen LogP contribution in [0.15, 0.2) is 0 Å². The molecule has 12 heavy (non-hydrogen) atoms. The summed E-state index contributed by atoms with van der Waals surface area (Å²) in [6, 6.07) is 0. The number of hydrogen-bond donors (Lipinski definition) is 0. The second kappa shape index (κ2) is 6.83. The van der Waals surface area contributed by atoms with Gasteiger partial charge in [0, 0.05) is 6.42 Å². The van der Waals surface area contributed by atoms with Crippen molar-refractivity contribution in [1.29, 1.82) is 0 Å². The van der Waals surface area contributed by atoms with E-state index in [9.17, 15) is 9.59 Å². The van der Waals surface area contributed by atoms with Crippen LogP contribution in [-0.2, 0) is 14.3 Å². The molecule has 0 atom stereocenters. The first kappa shape index (κ1) is 11.1. The summed E-state index contributed by atoms with van der Waals surface area (Å²) in [5.41, 5.74) is 0. The first-order valence-corrected chi connectivity index (χ1v) is 4.23. The van der Waals surface area contributed by atoms with Gasteiger partial charge in [-0.25, -0.2) is 0 Å². The van der Waals surface area contributed by atoms with E-state index in [4.69, 9.17) is 0 Å². The zero-order valence-electron chi connectivity index (χ0n) is 7.63. The molecule has 0 aliphatic rings. The molecule has 1 radical (unpaired) electrons. The third-order valence-corrected chi connectivity index (χ3v) is 1.36. The monoisotopic (exact) mass is 171 g/mol. The summed E-state index contributed by atoms with van der Waals surface area (Å²) in [6.07, 6.45) is 1.97. The molecule has 0 saturated heterocycles. The van der Waals surface area contributed by atoms with Crippen LogP contribution in [0.25, 0.3) is 0 Å². The molecule has 0 aliphatic carbocycles. The van der Waals surface area contributed by atoms with E-state index in [1.54, 1.807) is 6.92 Å². The van der Waals surface area contributed by atoms with Crippen LogP contribution in [0.5, 0.6) is 0 Å². The lowest BCUT2D eigenvalue weighted by atomic mass is 10.2. The number of rotatable bonds is 6. The quantitative estimate of drug-likeness (QED) is 0.348. The predicted molar refractivity (Wildman–Crippen MR) is 45.2 cm³/mol. The molecule has 0 saturated carbocycles. The molecule has 0 aromatic heterocycles. The maximum absolute atomic E-state index is 10.8. The number of ether oxygens (including phenoxy) is 1. The fraction of sp³-hybridized carbons (Fsp3) is 0.667. The van der Waals surface area contributed by atoms with Gasteiger partial charge in [-0.1, -0.05) is 20.3 Å². The van der Waals surface area contributed by atoms with Gasteiger partial charge in [-0.15, -0.1) is 0 Å². The van der Waals surface area contributed by atoms with Crippen LogP contribution in [0.2, 0.25) is 0 Å². The largest absolute Gasteiger partial charge is 0.458 e. The van der Waals surface area contributed by atoms with Crippen molar-refractivity contribution in [3.63, 3.8) is 0 Å². The van der Waals surface area contributed by atoms with Gasteiger partial charge in [-0.05, 0) is 6.42 Å². The van der Waals surface area contributed by atoms with Crippen LogP contribution in [0.4, 0.5) is 0 Å². The van der Waals surface area contributed by atoms with Crippen molar-refractivity contribution < 1.29 is 14.3 Å². The molecular weight excluding hydrogens is 156 g/mol. The van der Waals surface area contributed by atoms with Gasteiger partial charge in [-0.3, -0.25) is 9.59 Å². The Kier molecular flexibility index (Phi) is 6.34. The van der Waals surface area contributed by atoms with Crippen LogP contribution in [0.3, 0.4) is 0 Å². The average molecular weight is 171 g/mol. The molecule has 0 unspecified atom stereocenters. The maximum Gasteiger partial charge on any atom is 0.313 e. The van der Waals surface area contributed by atoms with Gasteiger partial charge in [0.2, 0.25) is 0 Å². The van der Waals surface area contributed by atoms with Gasteiger partial charge in [0.25, 0.3) is 0 Å². The molecule has 0 aliphatic heterocycles. The second-order valence-electron chi connectivity index (χ2n) is 2.51. The van der Waals surface area contributed by atoms with Crippen molar-refractivity contribution in [2.75, 3.05) is 0 Å². The molecule has 0 fully saturated rings. The van der Waals surface area contributed by atoms with E-state index in [2.05, 4.69) is 4.74 Å². The summed E-state index contributed by atoms with van der Waals surface area (Å²) in [5, 5.41) is 0. The standard InChI is InChI=1S/C9H15O3/c1-3-5-6-12-9(11)7-8(10)4-2/h6H,3-5,7H2,1-2H3. The maximum atomic E-state index is 10.8. The van der Waals surface area contributed by atoms with Crippen molar-refractivity contribution >= 4 is 11.8 Å². The van der Waals surface area contributed by atoms with E-state index in [1.165, 1.54) is 6.61 Å². The van der Waals surface area contributed by atoms with E-state index < -0.39 is 5.97 Å². The summed E-state index contributed by atoms with van der Waals surface area (Å²) < 4.78 is 4.67. The second-order valence-corrected chi connectivity index (χ2v) is 2.51. The Morgan fingerprint density at radius 1 is 1.33 bits per heavy atom. The van der Waals surface area contributed by atoms with Crippen molar-refractivity contribution in [3.05, 3.63) is 6.61 Å². The topological polar surface area (TPSA) is 43.4 Å². The van der Waals surface area contributed by atoms with Crippen molar-refractivity contribution in [3.8, 4) is 0 Å². The lowest BCUT2D eigenvalue weighted by Gasteiger charge is -2.00. The minimum atomic E-state index is -0.449. The number of Topliss-reactive ketones (excluding diaryl/α,β-unsaturated/α-hetero) is 1. The number of carbonyl (C=O) groups excluding carboxylic acids is 2. The van der Waals surface area contributed by atoms with Crippen LogP contribution in [0.1, 0.15) is 39.5 Å². The number of carbonyl (C=O) groups is 2. The molecule has 0 bridgehead atoms. The summed E-state index contributed by atoms with van der Waals surface area (Å²) in [4.78, 5) is 21.6. The molecule has 0 aromatic rings. The Labute approximate surface area is 73.1 Å². The molecule has 0 spiro atoms. The van der Waals surface area contributed by atoms with Gasteiger partial charge in [-0.2, -0.15) is 0 Å². The van der Waals surface area contributed by atoms with Gasteiger partial charge < -0.3 is 4.74 Å². The van der Waals surface area contributed by atoms with Crippen LogP contribution in [-0.4, -0.2) is 11.8 Å². The van der Waals surface area contributed by atoms with Crippen LogP contribution >= 0.6 is 0 Å². The molecule has 0 amide bonds. The van der Waals surface area contributed by atoms with Gasteiger partial charge in [0.05, 0.1) is 0 Å². The number of ketones is 1. The van der Waals surface area contributed by atoms with E-state index in [0.717, 1.165) is 12.8 Å². The van der Waals surface area contributed by atoms with Crippen molar-refractivity contribution in [2.24, 2.45) is 0 Å². The molecule has 3 nitrogen and oxygen atoms in total.